The second-order valence-corrected chi connectivity index (χ2v) is 3.58. The molecule has 0 fully saturated rings. The van der Waals surface area contributed by atoms with E-state index in [1.54, 1.807) is 0 Å². The number of nitrogens with one attached hydrogen (secondary N) is 2. The van der Waals surface area contributed by atoms with Gasteiger partial charge in [0.25, 0.3) is 0 Å². The molecule has 14 heavy (non-hydrogen) atoms. The van der Waals surface area contributed by atoms with Crippen molar-refractivity contribution in [3.05, 3.63) is 0 Å². The molecule has 0 spiro atoms. The van der Waals surface area contributed by atoms with Crippen LogP contribution in [-0.4, -0.2) is 24.4 Å². The fourth-order valence-electron chi connectivity index (χ4n) is 1.26. The summed E-state index contributed by atoms with van der Waals surface area (Å²) in [5.41, 5.74) is 0. The predicted molar refractivity (Wildman–Crippen MR) is 55.8 cm³/mol. The SMILES string of the molecule is CC(=O)NCCCCC(C)NC(C)=O. The molecule has 0 heterocycles. The second kappa shape index (κ2) is 7.35. The number of carbonyl (C=O) groups is 2. The van der Waals surface area contributed by atoms with Gasteiger partial charge in [0.05, 0.1) is 0 Å². The van der Waals surface area contributed by atoms with E-state index in [0.29, 0.717) is 0 Å². The quantitative estimate of drug-likeness (QED) is 0.624. The summed E-state index contributed by atoms with van der Waals surface area (Å²) in [7, 11) is 0. The molecule has 0 aliphatic rings. The minimum atomic E-state index is 0.0133. The van der Waals surface area contributed by atoms with Gasteiger partial charge in [-0.2, -0.15) is 0 Å². The summed E-state index contributed by atoms with van der Waals surface area (Å²) in [6.45, 7) is 5.75. The van der Waals surface area contributed by atoms with E-state index in [1.807, 2.05) is 6.92 Å². The Labute approximate surface area is 85.4 Å². The third kappa shape index (κ3) is 9.03. The maximum atomic E-state index is 10.7. The molecular weight excluding hydrogens is 180 g/mol. The van der Waals surface area contributed by atoms with Gasteiger partial charge in [0.1, 0.15) is 0 Å². The molecule has 0 aliphatic carbocycles. The average molecular weight is 200 g/mol. The highest BCUT2D eigenvalue weighted by Gasteiger charge is 2.02. The van der Waals surface area contributed by atoms with E-state index < -0.39 is 0 Å². The van der Waals surface area contributed by atoms with Crippen LogP contribution in [0.15, 0.2) is 0 Å². The Morgan fingerprint density at radius 1 is 1.14 bits per heavy atom. The van der Waals surface area contributed by atoms with Crippen LogP contribution in [0.2, 0.25) is 0 Å². The standard InChI is InChI=1S/C10H20N2O2/c1-8(12-10(3)14)6-4-5-7-11-9(2)13/h8H,4-7H2,1-3H3,(H,11,13)(H,12,14). The van der Waals surface area contributed by atoms with Crippen LogP contribution in [0.4, 0.5) is 0 Å². The topological polar surface area (TPSA) is 58.2 Å². The van der Waals surface area contributed by atoms with Crippen LogP contribution < -0.4 is 10.6 Å². The fraction of sp³-hybridized carbons (Fsp3) is 0.800. The minimum absolute atomic E-state index is 0.0133. The Morgan fingerprint density at radius 3 is 2.29 bits per heavy atom. The highest BCUT2D eigenvalue weighted by molar-refractivity contribution is 5.73. The molecule has 0 aliphatic heterocycles. The van der Waals surface area contributed by atoms with E-state index in [9.17, 15) is 9.59 Å². The molecule has 1 atom stereocenters. The van der Waals surface area contributed by atoms with Crippen molar-refractivity contribution in [3.8, 4) is 0 Å². The first-order valence-corrected chi connectivity index (χ1v) is 5.04. The van der Waals surface area contributed by atoms with E-state index in [-0.39, 0.29) is 17.9 Å². The van der Waals surface area contributed by atoms with Crippen LogP contribution in [-0.2, 0) is 9.59 Å². The molecule has 2 amide bonds. The Morgan fingerprint density at radius 2 is 1.79 bits per heavy atom. The summed E-state index contributed by atoms with van der Waals surface area (Å²) in [6, 6.07) is 0.227. The zero-order valence-electron chi connectivity index (χ0n) is 9.22. The Balaban J connectivity index is 3.27. The van der Waals surface area contributed by atoms with Gasteiger partial charge in [-0.05, 0) is 26.2 Å². The largest absolute Gasteiger partial charge is 0.356 e. The molecule has 2 N–H and O–H groups in total. The van der Waals surface area contributed by atoms with E-state index in [0.717, 1.165) is 25.8 Å². The third-order valence-corrected chi connectivity index (χ3v) is 1.89. The molecule has 0 aromatic rings. The normalized spacial score (nSPS) is 11.9. The lowest BCUT2D eigenvalue weighted by atomic mass is 10.1. The molecular formula is C10H20N2O2. The van der Waals surface area contributed by atoms with E-state index in [2.05, 4.69) is 10.6 Å². The van der Waals surface area contributed by atoms with E-state index in [4.69, 9.17) is 0 Å². The smallest absolute Gasteiger partial charge is 0.217 e. The van der Waals surface area contributed by atoms with Crippen LogP contribution in [0.25, 0.3) is 0 Å². The molecule has 82 valence electrons. The molecule has 4 nitrogen and oxygen atoms in total. The Bertz CT molecular complexity index is 193. The summed E-state index contributed by atoms with van der Waals surface area (Å²) in [5, 5.41) is 5.55. The molecule has 1 unspecified atom stereocenters. The van der Waals surface area contributed by atoms with Gasteiger partial charge in [-0.1, -0.05) is 0 Å². The van der Waals surface area contributed by atoms with Crippen LogP contribution in [0.1, 0.15) is 40.0 Å². The molecule has 4 heteroatoms. The minimum Gasteiger partial charge on any atom is -0.356 e. The van der Waals surface area contributed by atoms with Crippen LogP contribution in [0.5, 0.6) is 0 Å². The number of unbranched alkanes of at least 4 members (excludes halogenated alkanes) is 1. The van der Waals surface area contributed by atoms with Gasteiger partial charge in [0.15, 0.2) is 0 Å². The van der Waals surface area contributed by atoms with Crippen molar-refractivity contribution < 1.29 is 9.59 Å². The molecule has 0 radical (unpaired) electrons. The molecule has 0 rings (SSSR count). The van der Waals surface area contributed by atoms with Gasteiger partial charge < -0.3 is 10.6 Å². The van der Waals surface area contributed by atoms with Crippen LogP contribution >= 0.6 is 0 Å². The lowest BCUT2D eigenvalue weighted by Gasteiger charge is -2.11. The number of hydrogen-bond acceptors (Lipinski definition) is 2. The maximum absolute atomic E-state index is 10.7. The zero-order valence-corrected chi connectivity index (χ0v) is 9.22. The van der Waals surface area contributed by atoms with Crippen LogP contribution in [0, 0.1) is 0 Å². The summed E-state index contributed by atoms with van der Waals surface area (Å²) in [5.74, 6) is 0.0271. The highest BCUT2D eigenvalue weighted by Crippen LogP contribution is 1.99. The van der Waals surface area contributed by atoms with Crippen molar-refractivity contribution >= 4 is 11.8 Å². The van der Waals surface area contributed by atoms with E-state index in [1.165, 1.54) is 13.8 Å². The zero-order chi connectivity index (χ0) is 11.0. The van der Waals surface area contributed by atoms with Crippen LogP contribution in [0.3, 0.4) is 0 Å². The summed E-state index contributed by atoms with van der Waals surface area (Å²) in [4.78, 5) is 21.2. The average Bonchev–Trinajstić information content (AvgIpc) is 2.01. The van der Waals surface area contributed by atoms with Crippen molar-refractivity contribution in [3.63, 3.8) is 0 Å². The number of carbonyl (C=O) groups excluding carboxylic acids is 2. The van der Waals surface area contributed by atoms with Gasteiger partial charge in [-0.15, -0.1) is 0 Å². The molecule has 0 aromatic carbocycles. The molecule has 0 aromatic heterocycles. The van der Waals surface area contributed by atoms with Crippen molar-refractivity contribution in [2.75, 3.05) is 6.54 Å². The fourth-order valence-corrected chi connectivity index (χ4v) is 1.26. The molecule has 0 saturated carbocycles. The van der Waals surface area contributed by atoms with Gasteiger partial charge in [0.2, 0.25) is 11.8 Å². The second-order valence-electron chi connectivity index (χ2n) is 3.58. The molecule has 0 bridgehead atoms. The third-order valence-electron chi connectivity index (χ3n) is 1.89. The number of rotatable bonds is 6. The maximum Gasteiger partial charge on any atom is 0.217 e. The monoisotopic (exact) mass is 200 g/mol. The highest BCUT2D eigenvalue weighted by atomic mass is 16.2. The first-order valence-electron chi connectivity index (χ1n) is 5.04. The Hall–Kier alpha value is -1.06. The first-order chi connectivity index (χ1) is 6.52. The first kappa shape index (κ1) is 12.9. The van der Waals surface area contributed by atoms with E-state index >= 15 is 0 Å². The van der Waals surface area contributed by atoms with Crippen molar-refractivity contribution in [1.29, 1.82) is 0 Å². The lowest BCUT2D eigenvalue weighted by molar-refractivity contribution is -0.120. The lowest BCUT2D eigenvalue weighted by Crippen LogP contribution is -2.30. The molecule has 0 saturated heterocycles. The number of hydrogen-bond donors (Lipinski definition) is 2. The van der Waals surface area contributed by atoms with Gasteiger partial charge in [0, 0.05) is 26.4 Å². The summed E-state index contributed by atoms with van der Waals surface area (Å²) >= 11 is 0. The number of amides is 2. The summed E-state index contributed by atoms with van der Waals surface area (Å²) < 4.78 is 0. The summed E-state index contributed by atoms with van der Waals surface area (Å²) in [6.07, 6.45) is 2.93. The van der Waals surface area contributed by atoms with Gasteiger partial charge >= 0.3 is 0 Å². The van der Waals surface area contributed by atoms with Crippen molar-refractivity contribution in [1.82, 2.24) is 10.6 Å². The van der Waals surface area contributed by atoms with Crippen molar-refractivity contribution in [2.24, 2.45) is 0 Å². The van der Waals surface area contributed by atoms with Crippen molar-refractivity contribution in [2.45, 2.75) is 46.1 Å². The van der Waals surface area contributed by atoms with Gasteiger partial charge in [-0.25, -0.2) is 0 Å². The Kier molecular flexibility index (Phi) is 6.80. The predicted octanol–water partition coefficient (Wildman–Crippen LogP) is 0.817. The van der Waals surface area contributed by atoms with Gasteiger partial charge in [-0.3, -0.25) is 9.59 Å².